The molecule has 0 aliphatic carbocycles. The van der Waals surface area contributed by atoms with E-state index in [9.17, 15) is 14.4 Å². The molecule has 0 radical (unpaired) electrons. The summed E-state index contributed by atoms with van der Waals surface area (Å²) in [7, 11) is 0. The zero-order chi connectivity index (χ0) is 23.7. The van der Waals surface area contributed by atoms with Crippen LogP contribution < -0.4 is 25.1 Å². The summed E-state index contributed by atoms with van der Waals surface area (Å²) in [6, 6.07) is 13.4. The lowest BCUT2D eigenvalue weighted by molar-refractivity contribution is -0.130. The Balaban J connectivity index is 1.26. The first kappa shape index (κ1) is 21.8. The summed E-state index contributed by atoms with van der Waals surface area (Å²) in [4.78, 5) is 42.6. The van der Waals surface area contributed by atoms with E-state index in [2.05, 4.69) is 22.3 Å². The molecule has 0 unspecified atom stereocenters. The van der Waals surface area contributed by atoms with Gasteiger partial charge in [-0.05, 0) is 25.1 Å². The number of fused-ring (bicyclic) bond motifs is 2. The van der Waals surface area contributed by atoms with Gasteiger partial charge in [0.25, 0.3) is 5.91 Å². The standard InChI is InChI=1S/C25H26N4O5/c1-2-27-15-19(24(31)18-12-21-22(13-20(18)27)34-16-33-21)25(32)26-14-23(30)29-10-8-28(9-11-29)17-6-4-3-5-7-17/h3-7,12-13,15H,2,8-11,14,16H2,1H3,(H,26,32). The van der Waals surface area contributed by atoms with Crippen molar-refractivity contribution in [3.05, 3.63) is 64.4 Å². The Morgan fingerprint density at radius 3 is 2.41 bits per heavy atom. The minimum atomic E-state index is -0.567. The average Bonchev–Trinajstić information content (AvgIpc) is 3.35. The molecule has 2 aliphatic heterocycles. The van der Waals surface area contributed by atoms with Crippen molar-refractivity contribution in [2.75, 3.05) is 44.4 Å². The number of aryl methyl sites for hydroxylation is 1. The number of anilines is 1. The number of para-hydroxylation sites is 1. The topological polar surface area (TPSA) is 93.1 Å². The number of hydrogen-bond acceptors (Lipinski definition) is 6. The van der Waals surface area contributed by atoms with Crippen LogP contribution in [0.15, 0.2) is 53.5 Å². The molecule has 3 heterocycles. The Bertz CT molecular complexity index is 1300. The summed E-state index contributed by atoms with van der Waals surface area (Å²) in [5.74, 6) is 0.322. The Morgan fingerprint density at radius 2 is 1.71 bits per heavy atom. The number of amides is 2. The van der Waals surface area contributed by atoms with Crippen molar-refractivity contribution in [3.63, 3.8) is 0 Å². The Morgan fingerprint density at radius 1 is 1.00 bits per heavy atom. The molecule has 176 valence electrons. The van der Waals surface area contributed by atoms with Crippen LogP contribution in [0.2, 0.25) is 0 Å². The SMILES string of the molecule is CCn1cc(C(=O)NCC(=O)N2CCN(c3ccccc3)CC2)c(=O)c2cc3c(cc21)OCO3. The first-order chi connectivity index (χ1) is 16.5. The summed E-state index contributed by atoms with van der Waals surface area (Å²) in [6.45, 7) is 5.04. The van der Waals surface area contributed by atoms with Gasteiger partial charge in [-0.15, -0.1) is 0 Å². The van der Waals surface area contributed by atoms with Gasteiger partial charge in [-0.2, -0.15) is 0 Å². The lowest BCUT2D eigenvalue weighted by Gasteiger charge is -2.36. The van der Waals surface area contributed by atoms with Crippen LogP contribution >= 0.6 is 0 Å². The molecule has 0 atom stereocenters. The van der Waals surface area contributed by atoms with Crippen molar-refractivity contribution in [2.24, 2.45) is 0 Å². The number of ether oxygens (including phenoxy) is 2. The fourth-order valence-corrected chi connectivity index (χ4v) is 4.42. The monoisotopic (exact) mass is 462 g/mol. The van der Waals surface area contributed by atoms with Gasteiger partial charge in [0.15, 0.2) is 11.5 Å². The van der Waals surface area contributed by atoms with Crippen molar-refractivity contribution < 1.29 is 19.1 Å². The maximum atomic E-state index is 13.1. The van der Waals surface area contributed by atoms with Crippen LogP contribution in [0.3, 0.4) is 0 Å². The van der Waals surface area contributed by atoms with Gasteiger partial charge in [-0.3, -0.25) is 14.4 Å². The molecule has 1 fully saturated rings. The van der Waals surface area contributed by atoms with Crippen molar-refractivity contribution >= 4 is 28.4 Å². The van der Waals surface area contributed by atoms with Crippen LogP contribution in [0.25, 0.3) is 10.9 Å². The Labute approximate surface area is 196 Å². The summed E-state index contributed by atoms with van der Waals surface area (Å²) in [5, 5.41) is 3.01. The van der Waals surface area contributed by atoms with E-state index in [-0.39, 0.29) is 24.8 Å². The predicted molar refractivity (Wildman–Crippen MR) is 128 cm³/mol. The van der Waals surface area contributed by atoms with Crippen LogP contribution in [0.4, 0.5) is 5.69 Å². The minimum Gasteiger partial charge on any atom is -0.454 e. The number of nitrogens with one attached hydrogen (secondary N) is 1. The highest BCUT2D eigenvalue weighted by Gasteiger charge is 2.24. The molecular formula is C25H26N4O5. The number of carbonyl (C=O) groups is 2. The van der Waals surface area contributed by atoms with Crippen molar-refractivity contribution in [1.29, 1.82) is 0 Å². The zero-order valence-electron chi connectivity index (χ0n) is 19.0. The molecule has 0 spiro atoms. The number of pyridine rings is 1. The minimum absolute atomic E-state index is 0.00471. The maximum Gasteiger partial charge on any atom is 0.257 e. The molecule has 5 rings (SSSR count). The molecular weight excluding hydrogens is 436 g/mol. The zero-order valence-corrected chi connectivity index (χ0v) is 19.0. The molecule has 3 aromatic rings. The van der Waals surface area contributed by atoms with Gasteiger partial charge in [-0.1, -0.05) is 18.2 Å². The summed E-state index contributed by atoms with van der Waals surface area (Å²) >= 11 is 0. The number of aromatic nitrogens is 1. The third kappa shape index (κ3) is 4.05. The first-order valence-corrected chi connectivity index (χ1v) is 11.4. The van der Waals surface area contributed by atoms with E-state index >= 15 is 0 Å². The number of nitrogens with zero attached hydrogens (tertiary/aromatic N) is 3. The van der Waals surface area contributed by atoms with E-state index in [1.54, 1.807) is 17.0 Å². The van der Waals surface area contributed by atoms with Crippen molar-refractivity contribution in [2.45, 2.75) is 13.5 Å². The summed E-state index contributed by atoms with van der Waals surface area (Å²) < 4.78 is 12.6. The summed E-state index contributed by atoms with van der Waals surface area (Å²) in [6.07, 6.45) is 1.53. The van der Waals surface area contributed by atoms with Crippen LogP contribution in [-0.4, -0.2) is 60.8 Å². The van der Waals surface area contributed by atoms with Gasteiger partial charge >= 0.3 is 0 Å². The van der Waals surface area contributed by atoms with E-state index in [1.165, 1.54) is 6.20 Å². The van der Waals surface area contributed by atoms with Gasteiger partial charge in [-0.25, -0.2) is 0 Å². The number of hydrogen-bond donors (Lipinski definition) is 1. The molecule has 2 aromatic carbocycles. The van der Waals surface area contributed by atoms with Crippen LogP contribution in [0, 0.1) is 0 Å². The second-order valence-corrected chi connectivity index (χ2v) is 8.27. The van der Waals surface area contributed by atoms with Crippen LogP contribution in [0.1, 0.15) is 17.3 Å². The highest BCUT2D eigenvalue weighted by atomic mass is 16.7. The van der Waals surface area contributed by atoms with E-state index in [4.69, 9.17) is 9.47 Å². The van der Waals surface area contributed by atoms with E-state index in [0.29, 0.717) is 42.0 Å². The Kier molecular flexibility index (Phi) is 5.83. The van der Waals surface area contributed by atoms with Crippen LogP contribution in [-0.2, 0) is 11.3 Å². The highest BCUT2D eigenvalue weighted by molar-refractivity contribution is 5.99. The lowest BCUT2D eigenvalue weighted by atomic mass is 10.1. The van der Waals surface area contributed by atoms with Gasteiger partial charge < -0.3 is 29.2 Å². The average molecular weight is 463 g/mol. The predicted octanol–water partition coefficient (Wildman–Crippen LogP) is 1.83. The maximum absolute atomic E-state index is 13.1. The number of benzene rings is 2. The van der Waals surface area contributed by atoms with Crippen LogP contribution in [0.5, 0.6) is 11.5 Å². The largest absolute Gasteiger partial charge is 0.454 e. The fraction of sp³-hybridized carbons (Fsp3) is 0.320. The second kappa shape index (κ2) is 9.09. The molecule has 2 aliphatic rings. The third-order valence-corrected chi connectivity index (χ3v) is 6.31. The number of carbonyl (C=O) groups excluding carboxylic acids is 2. The van der Waals surface area contributed by atoms with E-state index < -0.39 is 11.3 Å². The van der Waals surface area contributed by atoms with Crippen molar-refractivity contribution in [3.8, 4) is 11.5 Å². The normalized spacial score (nSPS) is 15.0. The third-order valence-electron chi connectivity index (χ3n) is 6.31. The molecule has 1 aromatic heterocycles. The number of rotatable bonds is 5. The molecule has 1 N–H and O–H groups in total. The molecule has 1 saturated heterocycles. The molecule has 2 amide bonds. The molecule has 0 bridgehead atoms. The molecule has 34 heavy (non-hydrogen) atoms. The Hall–Kier alpha value is -4.01. The fourth-order valence-electron chi connectivity index (χ4n) is 4.42. The number of piperazine rings is 1. The quantitative estimate of drug-likeness (QED) is 0.622. The smallest absolute Gasteiger partial charge is 0.257 e. The van der Waals surface area contributed by atoms with Gasteiger partial charge in [0.1, 0.15) is 5.56 Å². The van der Waals surface area contributed by atoms with E-state index in [1.807, 2.05) is 29.7 Å². The van der Waals surface area contributed by atoms with Gasteiger partial charge in [0.2, 0.25) is 18.1 Å². The second-order valence-electron chi connectivity index (χ2n) is 8.27. The van der Waals surface area contributed by atoms with E-state index in [0.717, 1.165) is 18.8 Å². The summed E-state index contributed by atoms with van der Waals surface area (Å²) in [5.41, 5.74) is 1.39. The first-order valence-electron chi connectivity index (χ1n) is 11.4. The highest BCUT2D eigenvalue weighted by Crippen LogP contribution is 2.35. The van der Waals surface area contributed by atoms with Crippen molar-refractivity contribution in [1.82, 2.24) is 14.8 Å². The van der Waals surface area contributed by atoms with Gasteiger partial charge in [0, 0.05) is 50.7 Å². The molecule has 0 saturated carbocycles. The van der Waals surface area contributed by atoms with Gasteiger partial charge in [0.05, 0.1) is 17.4 Å². The molecule has 9 heteroatoms. The lowest BCUT2D eigenvalue weighted by Crippen LogP contribution is -2.51. The molecule has 9 nitrogen and oxygen atoms in total.